The summed E-state index contributed by atoms with van der Waals surface area (Å²) in [6.07, 6.45) is -8.17. The molecule has 0 atom stereocenters. The van der Waals surface area contributed by atoms with E-state index in [0.29, 0.717) is 0 Å². The molecule has 0 N–H and O–H groups in total. The van der Waals surface area contributed by atoms with Crippen LogP contribution in [-0.4, -0.2) is 4.92 Å². The number of rotatable bonds is 2. The van der Waals surface area contributed by atoms with Crippen LogP contribution in [-0.2, 0) is 6.18 Å². The lowest BCUT2D eigenvalue weighted by molar-refractivity contribution is -0.386. The Morgan fingerprint density at radius 1 is 1.29 bits per heavy atom. The molecule has 9 heteroatoms. The second kappa shape index (κ2) is 4.55. The summed E-state index contributed by atoms with van der Waals surface area (Å²) in [5.41, 5.74) is -3.59. The number of benzene rings is 1. The van der Waals surface area contributed by atoms with Gasteiger partial charge in [0.15, 0.2) is 0 Å². The van der Waals surface area contributed by atoms with Crippen molar-refractivity contribution in [2.24, 2.45) is 0 Å². The third-order valence-corrected chi connectivity index (χ3v) is 2.70. The lowest BCUT2D eigenvalue weighted by atomic mass is 10.1. The van der Waals surface area contributed by atoms with Gasteiger partial charge in [-0.2, -0.15) is 13.2 Å². The predicted molar refractivity (Wildman–Crippen MR) is 50.8 cm³/mol. The molecule has 17 heavy (non-hydrogen) atoms. The van der Waals surface area contributed by atoms with Crippen LogP contribution in [0.4, 0.5) is 27.6 Å². The zero-order valence-electron chi connectivity index (χ0n) is 7.76. The van der Waals surface area contributed by atoms with Crippen molar-refractivity contribution < 1.29 is 26.9 Å². The lowest BCUT2D eigenvalue weighted by Gasteiger charge is -2.10. The molecule has 1 aromatic rings. The van der Waals surface area contributed by atoms with Gasteiger partial charge in [-0.15, -0.1) is 0 Å². The van der Waals surface area contributed by atoms with Gasteiger partial charge in [0.2, 0.25) is 0 Å². The summed E-state index contributed by atoms with van der Waals surface area (Å²) >= 11 is 2.49. The minimum absolute atomic E-state index is 0.182. The topological polar surface area (TPSA) is 43.1 Å². The molecule has 0 spiro atoms. The lowest BCUT2D eigenvalue weighted by Crippen LogP contribution is -2.07. The fourth-order valence-corrected chi connectivity index (χ4v) is 1.63. The number of nitro benzene ring substituents is 1. The molecule has 0 saturated carbocycles. The van der Waals surface area contributed by atoms with E-state index in [4.69, 9.17) is 0 Å². The Morgan fingerprint density at radius 3 is 2.18 bits per heavy atom. The third-order valence-electron chi connectivity index (χ3n) is 1.84. The van der Waals surface area contributed by atoms with Crippen LogP contribution in [0.1, 0.15) is 17.6 Å². The summed E-state index contributed by atoms with van der Waals surface area (Å²) in [6.45, 7) is 0. The molecule has 0 aromatic heterocycles. The summed E-state index contributed by atoms with van der Waals surface area (Å²) < 4.78 is 61.2. The normalized spacial score (nSPS) is 11.9. The van der Waals surface area contributed by atoms with Crippen molar-refractivity contribution in [1.82, 2.24) is 0 Å². The SMILES string of the molecule is O=[N+]([O-])c1cc(C(F)(F)F)cc(C(F)F)c1Br. The molecule has 0 aliphatic rings. The highest BCUT2D eigenvalue weighted by Gasteiger charge is 2.35. The van der Waals surface area contributed by atoms with Crippen molar-refractivity contribution in [3.05, 3.63) is 37.8 Å². The van der Waals surface area contributed by atoms with Crippen LogP contribution in [0.3, 0.4) is 0 Å². The highest BCUT2D eigenvalue weighted by Crippen LogP contribution is 2.40. The van der Waals surface area contributed by atoms with E-state index in [-0.39, 0.29) is 12.1 Å². The van der Waals surface area contributed by atoms with E-state index in [1.54, 1.807) is 0 Å². The zero-order chi connectivity index (χ0) is 13.4. The Kier molecular flexibility index (Phi) is 3.70. The average Bonchev–Trinajstić information content (AvgIpc) is 2.14. The van der Waals surface area contributed by atoms with Gasteiger partial charge in [-0.25, -0.2) is 8.78 Å². The van der Waals surface area contributed by atoms with E-state index in [1.165, 1.54) is 0 Å². The largest absolute Gasteiger partial charge is 0.416 e. The molecule has 0 amide bonds. The Labute approximate surface area is 99.5 Å². The van der Waals surface area contributed by atoms with E-state index in [2.05, 4.69) is 15.9 Å². The monoisotopic (exact) mass is 319 g/mol. The quantitative estimate of drug-likeness (QED) is 0.463. The standard InChI is InChI=1S/C8H3BrF5NO2/c9-6-4(7(10)11)1-3(8(12,13)14)2-5(6)15(16)17/h1-2,7H. The number of hydrogen-bond acceptors (Lipinski definition) is 2. The van der Waals surface area contributed by atoms with Crippen LogP contribution < -0.4 is 0 Å². The summed E-state index contributed by atoms with van der Waals surface area (Å²) in [5.74, 6) is 0. The van der Waals surface area contributed by atoms with Crippen molar-refractivity contribution in [1.29, 1.82) is 0 Å². The van der Waals surface area contributed by atoms with Gasteiger partial charge in [0.05, 0.1) is 10.5 Å². The van der Waals surface area contributed by atoms with Crippen LogP contribution in [0, 0.1) is 10.1 Å². The number of nitro groups is 1. The maximum Gasteiger partial charge on any atom is 0.416 e. The van der Waals surface area contributed by atoms with Gasteiger partial charge in [-0.1, -0.05) is 0 Å². The molecular weight excluding hydrogens is 317 g/mol. The number of alkyl halides is 5. The molecule has 0 heterocycles. The van der Waals surface area contributed by atoms with E-state index < -0.39 is 38.8 Å². The third kappa shape index (κ3) is 2.90. The van der Waals surface area contributed by atoms with Crippen molar-refractivity contribution in [2.75, 3.05) is 0 Å². The maximum absolute atomic E-state index is 12.4. The Bertz CT molecular complexity index is 460. The van der Waals surface area contributed by atoms with Gasteiger partial charge in [0, 0.05) is 11.6 Å². The van der Waals surface area contributed by atoms with Gasteiger partial charge >= 0.3 is 6.18 Å². The first-order valence-electron chi connectivity index (χ1n) is 3.97. The van der Waals surface area contributed by atoms with Gasteiger partial charge in [-0.3, -0.25) is 10.1 Å². The van der Waals surface area contributed by atoms with E-state index in [9.17, 15) is 32.1 Å². The first-order valence-corrected chi connectivity index (χ1v) is 4.77. The van der Waals surface area contributed by atoms with Crippen molar-refractivity contribution >= 4 is 21.6 Å². The number of nitrogens with zero attached hydrogens (tertiary/aromatic N) is 1. The first kappa shape index (κ1) is 13.8. The second-order valence-corrected chi connectivity index (χ2v) is 3.75. The molecular formula is C8H3BrF5NO2. The summed E-state index contributed by atoms with van der Waals surface area (Å²) in [7, 11) is 0. The van der Waals surface area contributed by atoms with Gasteiger partial charge in [0.25, 0.3) is 12.1 Å². The molecule has 1 aromatic carbocycles. The molecule has 0 aliphatic carbocycles. The number of halogens is 6. The second-order valence-electron chi connectivity index (χ2n) is 2.95. The van der Waals surface area contributed by atoms with Crippen molar-refractivity contribution in [3.63, 3.8) is 0 Å². The van der Waals surface area contributed by atoms with E-state index in [0.717, 1.165) is 0 Å². The summed E-state index contributed by atoms with van der Waals surface area (Å²) in [4.78, 5) is 9.28. The Morgan fingerprint density at radius 2 is 1.82 bits per heavy atom. The van der Waals surface area contributed by atoms with E-state index in [1.807, 2.05) is 0 Å². The molecule has 94 valence electrons. The maximum atomic E-state index is 12.4. The molecule has 0 unspecified atom stereocenters. The highest BCUT2D eigenvalue weighted by molar-refractivity contribution is 9.10. The Hall–Kier alpha value is -1.25. The van der Waals surface area contributed by atoms with Crippen molar-refractivity contribution in [3.8, 4) is 0 Å². The fraction of sp³-hybridized carbons (Fsp3) is 0.250. The van der Waals surface area contributed by atoms with Crippen molar-refractivity contribution in [2.45, 2.75) is 12.6 Å². The number of hydrogen-bond donors (Lipinski definition) is 0. The van der Waals surface area contributed by atoms with E-state index >= 15 is 0 Å². The smallest absolute Gasteiger partial charge is 0.258 e. The van der Waals surface area contributed by atoms with Crippen LogP contribution in [0.5, 0.6) is 0 Å². The first-order chi connectivity index (χ1) is 7.64. The van der Waals surface area contributed by atoms with Crippen LogP contribution in [0.25, 0.3) is 0 Å². The Balaban J connectivity index is 3.53. The van der Waals surface area contributed by atoms with Crippen LogP contribution in [0.15, 0.2) is 16.6 Å². The molecule has 0 bridgehead atoms. The van der Waals surface area contributed by atoms with Crippen LogP contribution >= 0.6 is 15.9 Å². The molecule has 0 radical (unpaired) electrons. The minimum atomic E-state index is -4.92. The fourth-order valence-electron chi connectivity index (χ4n) is 1.09. The predicted octanol–water partition coefficient (Wildman–Crippen LogP) is 4.31. The molecule has 0 fully saturated rings. The molecule has 0 aliphatic heterocycles. The minimum Gasteiger partial charge on any atom is -0.258 e. The highest BCUT2D eigenvalue weighted by atomic mass is 79.9. The molecule has 0 saturated heterocycles. The van der Waals surface area contributed by atoms with Crippen LogP contribution in [0.2, 0.25) is 0 Å². The average molecular weight is 320 g/mol. The summed E-state index contributed by atoms with van der Waals surface area (Å²) in [6, 6.07) is 0.387. The molecule has 1 rings (SSSR count). The summed E-state index contributed by atoms with van der Waals surface area (Å²) in [5, 5.41) is 10.4. The van der Waals surface area contributed by atoms with Gasteiger partial charge in [-0.05, 0) is 22.0 Å². The van der Waals surface area contributed by atoms with Gasteiger partial charge < -0.3 is 0 Å². The zero-order valence-corrected chi connectivity index (χ0v) is 9.35. The molecule has 3 nitrogen and oxygen atoms in total. The van der Waals surface area contributed by atoms with Gasteiger partial charge in [0.1, 0.15) is 4.47 Å².